The van der Waals surface area contributed by atoms with Crippen molar-refractivity contribution in [3.63, 3.8) is 0 Å². The molecule has 1 aromatic carbocycles. The highest BCUT2D eigenvalue weighted by Gasteiger charge is 2.13. The quantitative estimate of drug-likeness (QED) is 0.864. The molecule has 110 valence electrons. The van der Waals surface area contributed by atoms with Crippen LogP contribution in [-0.2, 0) is 6.54 Å². The van der Waals surface area contributed by atoms with Crippen LogP contribution in [0.5, 0.6) is 11.6 Å². The molecule has 1 aliphatic heterocycles. The molecule has 1 fully saturated rings. The van der Waals surface area contributed by atoms with Gasteiger partial charge in [0.2, 0.25) is 5.88 Å². The maximum absolute atomic E-state index is 14.1. The fourth-order valence-electron chi connectivity index (χ4n) is 2.40. The fourth-order valence-corrected chi connectivity index (χ4v) is 2.50. The summed E-state index contributed by atoms with van der Waals surface area (Å²) in [7, 11) is 0. The van der Waals surface area contributed by atoms with Gasteiger partial charge in [-0.3, -0.25) is 4.90 Å². The Labute approximate surface area is 127 Å². The average Bonchev–Trinajstić information content (AvgIpc) is 2.97. The Balaban J connectivity index is 1.70. The largest absolute Gasteiger partial charge is 0.434 e. The summed E-state index contributed by atoms with van der Waals surface area (Å²) in [5.74, 6) is -0.0502. The van der Waals surface area contributed by atoms with E-state index in [4.69, 9.17) is 16.3 Å². The number of rotatable bonds is 4. The summed E-state index contributed by atoms with van der Waals surface area (Å²) in [6.45, 7) is 2.94. The molecule has 0 spiro atoms. The lowest BCUT2D eigenvalue weighted by Gasteiger charge is -2.15. The van der Waals surface area contributed by atoms with E-state index in [9.17, 15) is 4.39 Å². The normalized spacial score (nSPS) is 15.3. The average molecular weight is 308 g/mol. The number of hydrogen-bond donors (Lipinski definition) is 0. The smallest absolute Gasteiger partial charge is 0.239 e. The summed E-state index contributed by atoms with van der Waals surface area (Å²) in [6.07, 6.45) is 2.44. The standard InChI is InChI=1S/C15H15ClFN3O/c16-14-5-6-15(19-18-14)21-13-4-3-11(9-12(13)17)10-20-7-1-2-8-20/h3-6,9H,1-2,7-8,10H2. The highest BCUT2D eigenvalue weighted by Crippen LogP contribution is 2.25. The van der Waals surface area contributed by atoms with Crippen LogP contribution >= 0.6 is 11.6 Å². The first-order valence-corrected chi connectivity index (χ1v) is 7.26. The molecular formula is C15H15ClFN3O. The van der Waals surface area contributed by atoms with Crippen LogP contribution in [0.3, 0.4) is 0 Å². The molecule has 0 saturated carbocycles. The summed E-state index contributed by atoms with van der Waals surface area (Å²) in [5, 5.41) is 7.66. The Morgan fingerprint density at radius 2 is 1.95 bits per heavy atom. The third kappa shape index (κ3) is 3.68. The van der Waals surface area contributed by atoms with Crippen LogP contribution in [-0.4, -0.2) is 28.2 Å². The lowest BCUT2D eigenvalue weighted by molar-refractivity contribution is 0.330. The topological polar surface area (TPSA) is 38.2 Å². The summed E-state index contributed by atoms with van der Waals surface area (Å²) in [6, 6.07) is 8.10. The maximum Gasteiger partial charge on any atom is 0.239 e. The molecule has 2 heterocycles. The van der Waals surface area contributed by atoms with Crippen LogP contribution in [0.15, 0.2) is 30.3 Å². The summed E-state index contributed by atoms with van der Waals surface area (Å²) in [4.78, 5) is 2.32. The zero-order chi connectivity index (χ0) is 14.7. The third-order valence-electron chi connectivity index (χ3n) is 3.42. The minimum atomic E-state index is -0.400. The number of nitrogens with zero attached hydrogens (tertiary/aromatic N) is 3. The summed E-state index contributed by atoms with van der Waals surface area (Å²) < 4.78 is 19.4. The highest BCUT2D eigenvalue weighted by atomic mass is 35.5. The molecule has 1 aliphatic rings. The van der Waals surface area contributed by atoms with E-state index in [1.165, 1.54) is 18.9 Å². The lowest BCUT2D eigenvalue weighted by Crippen LogP contribution is -2.18. The van der Waals surface area contributed by atoms with E-state index < -0.39 is 5.82 Å². The second-order valence-corrected chi connectivity index (χ2v) is 5.43. The monoisotopic (exact) mass is 307 g/mol. The van der Waals surface area contributed by atoms with Gasteiger partial charge in [-0.15, -0.1) is 10.2 Å². The van der Waals surface area contributed by atoms with E-state index in [1.54, 1.807) is 18.2 Å². The number of likely N-dealkylation sites (tertiary alicyclic amines) is 1. The van der Waals surface area contributed by atoms with E-state index in [2.05, 4.69) is 15.1 Å². The molecule has 6 heteroatoms. The van der Waals surface area contributed by atoms with Crippen LogP contribution in [0.2, 0.25) is 5.15 Å². The molecule has 0 amide bonds. The van der Waals surface area contributed by atoms with Gasteiger partial charge in [-0.1, -0.05) is 17.7 Å². The number of halogens is 2. The molecular weight excluding hydrogens is 293 g/mol. The SMILES string of the molecule is Fc1cc(CN2CCCC2)ccc1Oc1ccc(Cl)nn1. The Morgan fingerprint density at radius 1 is 1.14 bits per heavy atom. The van der Waals surface area contributed by atoms with Crippen molar-refractivity contribution in [3.05, 3.63) is 46.9 Å². The summed E-state index contributed by atoms with van der Waals surface area (Å²) >= 11 is 5.64. The van der Waals surface area contributed by atoms with Crippen LogP contribution in [0, 0.1) is 5.82 Å². The van der Waals surface area contributed by atoms with Gasteiger partial charge in [0, 0.05) is 12.6 Å². The lowest BCUT2D eigenvalue weighted by atomic mass is 10.2. The van der Waals surface area contributed by atoms with Gasteiger partial charge >= 0.3 is 0 Å². The number of benzene rings is 1. The minimum absolute atomic E-state index is 0.136. The van der Waals surface area contributed by atoms with Gasteiger partial charge in [-0.05, 0) is 49.7 Å². The zero-order valence-electron chi connectivity index (χ0n) is 11.4. The van der Waals surface area contributed by atoms with Gasteiger partial charge in [-0.25, -0.2) is 4.39 Å². The molecule has 4 nitrogen and oxygen atoms in total. The zero-order valence-corrected chi connectivity index (χ0v) is 12.2. The van der Waals surface area contributed by atoms with Crippen molar-refractivity contribution in [2.45, 2.75) is 19.4 Å². The van der Waals surface area contributed by atoms with Crippen molar-refractivity contribution < 1.29 is 9.13 Å². The van der Waals surface area contributed by atoms with Crippen molar-refractivity contribution in [2.24, 2.45) is 0 Å². The Hall–Kier alpha value is -1.72. The predicted molar refractivity (Wildman–Crippen MR) is 78.0 cm³/mol. The van der Waals surface area contributed by atoms with Gasteiger partial charge in [0.05, 0.1) is 0 Å². The first-order valence-electron chi connectivity index (χ1n) is 6.88. The number of ether oxygens (including phenoxy) is 1. The van der Waals surface area contributed by atoms with Crippen molar-refractivity contribution in [2.75, 3.05) is 13.1 Å². The fraction of sp³-hybridized carbons (Fsp3) is 0.333. The molecule has 21 heavy (non-hydrogen) atoms. The summed E-state index contributed by atoms with van der Waals surface area (Å²) in [5.41, 5.74) is 0.948. The van der Waals surface area contributed by atoms with Crippen molar-refractivity contribution in [1.29, 1.82) is 0 Å². The van der Waals surface area contributed by atoms with Crippen molar-refractivity contribution >= 4 is 11.6 Å². The third-order valence-corrected chi connectivity index (χ3v) is 3.62. The van der Waals surface area contributed by atoms with Gasteiger partial charge in [0.15, 0.2) is 16.7 Å². The van der Waals surface area contributed by atoms with Gasteiger partial charge in [0.25, 0.3) is 0 Å². The molecule has 0 aliphatic carbocycles. The number of aromatic nitrogens is 2. The second kappa shape index (κ2) is 6.37. The van der Waals surface area contributed by atoms with Gasteiger partial charge in [-0.2, -0.15) is 0 Å². The maximum atomic E-state index is 14.1. The molecule has 0 bridgehead atoms. The molecule has 0 radical (unpaired) electrons. The van der Waals surface area contributed by atoms with E-state index in [0.717, 1.165) is 25.2 Å². The van der Waals surface area contributed by atoms with E-state index in [1.807, 2.05) is 6.07 Å². The van der Waals surface area contributed by atoms with E-state index >= 15 is 0 Å². The number of hydrogen-bond acceptors (Lipinski definition) is 4. The van der Waals surface area contributed by atoms with Gasteiger partial charge in [0.1, 0.15) is 0 Å². The predicted octanol–water partition coefficient (Wildman–Crippen LogP) is 3.66. The Kier molecular flexibility index (Phi) is 4.31. The minimum Gasteiger partial charge on any atom is -0.434 e. The molecule has 2 aromatic rings. The van der Waals surface area contributed by atoms with Gasteiger partial charge < -0.3 is 4.74 Å². The molecule has 3 rings (SSSR count). The molecule has 0 unspecified atom stereocenters. The first kappa shape index (κ1) is 14.2. The Bertz CT molecular complexity index is 615. The van der Waals surface area contributed by atoms with Crippen molar-refractivity contribution in [3.8, 4) is 11.6 Å². The Morgan fingerprint density at radius 3 is 2.62 bits per heavy atom. The molecule has 0 atom stereocenters. The van der Waals surface area contributed by atoms with E-state index in [-0.39, 0.29) is 16.8 Å². The molecule has 1 aromatic heterocycles. The molecule has 1 saturated heterocycles. The van der Waals surface area contributed by atoms with E-state index in [0.29, 0.717) is 0 Å². The van der Waals surface area contributed by atoms with Crippen LogP contribution in [0.25, 0.3) is 0 Å². The highest BCUT2D eigenvalue weighted by molar-refractivity contribution is 6.29. The van der Waals surface area contributed by atoms with Crippen LogP contribution in [0.4, 0.5) is 4.39 Å². The van der Waals surface area contributed by atoms with Crippen LogP contribution < -0.4 is 4.74 Å². The second-order valence-electron chi connectivity index (χ2n) is 5.04. The molecule has 0 N–H and O–H groups in total. The van der Waals surface area contributed by atoms with Crippen molar-refractivity contribution in [1.82, 2.24) is 15.1 Å². The van der Waals surface area contributed by atoms with Crippen LogP contribution in [0.1, 0.15) is 18.4 Å². The first-order chi connectivity index (χ1) is 10.2.